The summed E-state index contributed by atoms with van der Waals surface area (Å²) in [6.45, 7) is 2.79. The quantitative estimate of drug-likeness (QED) is 0.689. The van der Waals surface area contributed by atoms with Gasteiger partial charge in [0.05, 0.1) is 22.5 Å². The van der Waals surface area contributed by atoms with Crippen LogP contribution in [0.4, 0.5) is 10.8 Å². The average Bonchev–Trinajstić information content (AvgIpc) is 3.09. The Bertz CT molecular complexity index is 1030. The van der Waals surface area contributed by atoms with Crippen LogP contribution in [0.1, 0.15) is 13.3 Å². The molecular formula is C20H19N3O4S. The summed E-state index contributed by atoms with van der Waals surface area (Å²) in [5.41, 5.74) is 1.50. The molecule has 2 amide bonds. The Morgan fingerprint density at radius 2 is 2.18 bits per heavy atom. The highest BCUT2D eigenvalue weighted by molar-refractivity contribution is 7.22. The summed E-state index contributed by atoms with van der Waals surface area (Å²) in [6.07, 6.45) is 0.167. The Morgan fingerprint density at radius 1 is 1.32 bits per heavy atom. The van der Waals surface area contributed by atoms with Crippen molar-refractivity contribution in [3.05, 3.63) is 42.5 Å². The zero-order valence-electron chi connectivity index (χ0n) is 15.3. The summed E-state index contributed by atoms with van der Waals surface area (Å²) >= 11 is 1.39. The fraction of sp³-hybridized carbons (Fsp3) is 0.250. The molecule has 2 aromatic carbocycles. The molecule has 2 heterocycles. The number of ether oxygens (including phenoxy) is 2. The molecule has 1 aromatic heterocycles. The maximum Gasteiger partial charge on any atom is 0.265 e. The van der Waals surface area contributed by atoms with Crippen LogP contribution in [0.5, 0.6) is 11.5 Å². The van der Waals surface area contributed by atoms with Gasteiger partial charge >= 0.3 is 0 Å². The van der Waals surface area contributed by atoms with E-state index in [0.717, 1.165) is 16.0 Å². The SMILES string of the molecule is CCOc1ccc2nc(NC(=O)CCN3C(=O)COc4ccccc43)sc2c1. The van der Waals surface area contributed by atoms with Crippen molar-refractivity contribution in [2.24, 2.45) is 0 Å². The lowest BCUT2D eigenvalue weighted by atomic mass is 10.2. The molecule has 28 heavy (non-hydrogen) atoms. The molecule has 3 aromatic rings. The van der Waals surface area contributed by atoms with Crippen molar-refractivity contribution >= 4 is 44.2 Å². The average molecular weight is 397 g/mol. The maximum absolute atomic E-state index is 12.4. The molecule has 0 aliphatic carbocycles. The second-order valence-electron chi connectivity index (χ2n) is 6.18. The Morgan fingerprint density at radius 3 is 3.04 bits per heavy atom. The van der Waals surface area contributed by atoms with Gasteiger partial charge in [-0.3, -0.25) is 9.59 Å². The van der Waals surface area contributed by atoms with Crippen molar-refractivity contribution in [2.45, 2.75) is 13.3 Å². The molecular weight excluding hydrogens is 378 g/mol. The van der Waals surface area contributed by atoms with E-state index in [-0.39, 0.29) is 31.4 Å². The second kappa shape index (κ2) is 7.85. The lowest BCUT2D eigenvalue weighted by Crippen LogP contribution is -2.40. The van der Waals surface area contributed by atoms with Crippen LogP contribution in [0.3, 0.4) is 0 Å². The van der Waals surface area contributed by atoms with E-state index < -0.39 is 0 Å². The van der Waals surface area contributed by atoms with Crippen molar-refractivity contribution in [1.29, 1.82) is 0 Å². The van der Waals surface area contributed by atoms with E-state index in [4.69, 9.17) is 9.47 Å². The third kappa shape index (κ3) is 3.77. The molecule has 1 aliphatic heterocycles. The number of hydrogen-bond acceptors (Lipinski definition) is 6. The van der Waals surface area contributed by atoms with Gasteiger partial charge in [-0.05, 0) is 37.3 Å². The van der Waals surface area contributed by atoms with E-state index in [1.54, 1.807) is 4.90 Å². The molecule has 4 rings (SSSR count). The number of aromatic nitrogens is 1. The van der Waals surface area contributed by atoms with Crippen molar-refractivity contribution in [1.82, 2.24) is 4.98 Å². The molecule has 8 heteroatoms. The first-order valence-electron chi connectivity index (χ1n) is 8.99. The largest absolute Gasteiger partial charge is 0.494 e. The fourth-order valence-corrected chi connectivity index (χ4v) is 3.92. The highest BCUT2D eigenvalue weighted by Gasteiger charge is 2.25. The number of nitrogens with one attached hydrogen (secondary N) is 1. The molecule has 0 saturated carbocycles. The lowest BCUT2D eigenvalue weighted by molar-refractivity contribution is -0.121. The molecule has 1 aliphatic rings. The van der Waals surface area contributed by atoms with Gasteiger partial charge < -0.3 is 19.7 Å². The minimum absolute atomic E-state index is 0.0152. The van der Waals surface area contributed by atoms with Crippen LogP contribution in [-0.4, -0.2) is 36.6 Å². The minimum atomic E-state index is -0.194. The van der Waals surface area contributed by atoms with Gasteiger partial charge in [0.1, 0.15) is 11.5 Å². The molecule has 144 valence electrons. The van der Waals surface area contributed by atoms with Gasteiger partial charge in [-0.2, -0.15) is 0 Å². The number of carbonyl (C=O) groups excluding carboxylic acids is 2. The molecule has 1 N–H and O–H groups in total. The van der Waals surface area contributed by atoms with Crippen molar-refractivity contribution in [3.8, 4) is 11.5 Å². The maximum atomic E-state index is 12.4. The first kappa shape index (κ1) is 18.2. The summed E-state index contributed by atoms with van der Waals surface area (Å²) in [4.78, 5) is 30.6. The number of amides is 2. The van der Waals surface area contributed by atoms with Crippen molar-refractivity contribution in [3.63, 3.8) is 0 Å². The van der Waals surface area contributed by atoms with Crippen LogP contribution >= 0.6 is 11.3 Å². The Hall–Kier alpha value is -3.13. The first-order chi connectivity index (χ1) is 13.6. The van der Waals surface area contributed by atoms with Crippen molar-refractivity contribution < 1.29 is 19.1 Å². The summed E-state index contributed by atoms with van der Waals surface area (Å²) in [5, 5.41) is 3.35. The molecule has 0 fully saturated rings. The van der Waals surface area contributed by atoms with Crippen LogP contribution in [0.15, 0.2) is 42.5 Å². The van der Waals surface area contributed by atoms with Crippen molar-refractivity contribution in [2.75, 3.05) is 30.0 Å². The summed E-state index contributed by atoms with van der Waals surface area (Å²) in [6, 6.07) is 13.0. The number of carbonyl (C=O) groups is 2. The molecule has 0 unspecified atom stereocenters. The van der Waals surface area contributed by atoms with E-state index in [1.165, 1.54) is 11.3 Å². The van der Waals surface area contributed by atoms with E-state index in [2.05, 4.69) is 10.3 Å². The highest BCUT2D eigenvalue weighted by atomic mass is 32.1. The van der Waals surface area contributed by atoms with Crippen LogP contribution < -0.4 is 19.7 Å². The van der Waals surface area contributed by atoms with Crippen LogP contribution in [0.25, 0.3) is 10.2 Å². The number of thiazole rings is 1. The summed E-state index contributed by atoms with van der Waals surface area (Å²) in [7, 11) is 0. The normalized spacial score (nSPS) is 13.2. The van der Waals surface area contributed by atoms with Gasteiger partial charge in [-0.1, -0.05) is 23.5 Å². The standard InChI is InChI=1S/C20H19N3O4S/c1-2-26-13-7-8-14-17(11-13)28-20(21-14)22-18(24)9-10-23-15-5-3-4-6-16(15)27-12-19(23)25/h3-8,11H,2,9-10,12H2,1H3,(H,21,22,24). The van der Waals surface area contributed by atoms with Gasteiger partial charge in [-0.15, -0.1) is 0 Å². The Labute approximate surface area is 165 Å². The number of nitrogens with zero attached hydrogens (tertiary/aromatic N) is 2. The number of hydrogen-bond donors (Lipinski definition) is 1. The molecule has 0 bridgehead atoms. The van der Waals surface area contributed by atoms with Crippen LogP contribution in [0, 0.1) is 0 Å². The molecule has 0 atom stereocenters. The van der Waals surface area contributed by atoms with Gasteiger partial charge in [0.15, 0.2) is 11.7 Å². The second-order valence-corrected chi connectivity index (χ2v) is 7.21. The number of fused-ring (bicyclic) bond motifs is 2. The topological polar surface area (TPSA) is 80.8 Å². The van der Waals surface area contributed by atoms with Crippen LogP contribution in [-0.2, 0) is 9.59 Å². The van der Waals surface area contributed by atoms with Gasteiger partial charge in [0.2, 0.25) is 5.91 Å². The highest BCUT2D eigenvalue weighted by Crippen LogP contribution is 2.32. The third-order valence-electron chi connectivity index (χ3n) is 4.29. The molecule has 7 nitrogen and oxygen atoms in total. The van der Waals surface area contributed by atoms with Gasteiger partial charge in [0, 0.05) is 13.0 Å². The number of para-hydroxylation sites is 2. The lowest BCUT2D eigenvalue weighted by Gasteiger charge is -2.29. The van der Waals surface area contributed by atoms with E-state index >= 15 is 0 Å². The zero-order chi connectivity index (χ0) is 19.5. The minimum Gasteiger partial charge on any atom is -0.494 e. The van der Waals surface area contributed by atoms with Gasteiger partial charge in [-0.25, -0.2) is 4.98 Å². The third-order valence-corrected chi connectivity index (χ3v) is 5.22. The predicted molar refractivity (Wildman–Crippen MR) is 108 cm³/mol. The fourth-order valence-electron chi connectivity index (χ4n) is 3.01. The monoisotopic (exact) mass is 397 g/mol. The Kier molecular flexibility index (Phi) is 5.12. The van der Waals surface area contributed by atoms with Crippen LogP contribution in [0.2, 0.25) is 0 Å². The first-order valence-corrected chi connectivity index (χ1v) is 9.81. The molecule has 0 saturated heterocycles. The van der Waals surface area contributed by atoms with E-state index in [0.29, 0.717) is 23.2 Å². The molecule has 0 radical (unpaired) electrons. The number of rotatable bonds is 6. The van der Waals surface area contributed by atoms with Gasteiger partial charge in [0.25, 0.3) is 5.91 Å². The Balaban J connectivity index is 1.41. The molecule has 0 spiro atoms. The summed E-state index contributed by atoms with van der Waals surface area (Å²) in [5.74, 6) is 1.08. The summed E-state index contributed by atoms with van der Waals surface area (Å²) < 4.78 is 11.9. The smallest absolute Gasteiger partial charge is 0.265 e. The zero-order valence-corrected chi connectivity index (χ0v) is 16.1. The number of anilines is 2. The van der Waals surface area contributed by atoms with E-state index in [1.807, 2.05) is 49.4 Å². The number of benzene rings is 2. The predicted octanol–water partition coefficient (Wildman–Crippen LogP) is 3.45. The van der Waals surface area contributed by atoms with E-state index in [9.17, 15) is 9.59 Å².